The topological polar surface area (TPSA) is 74.6 Å². The van der Waals surface area contributed by atoms with E-state index in [1.54, 1.807) is 6.07 Å². The monoisotopic (exact) mass is 326 g/mol. The SMILES string of the molecule is CC(C)(C)c1ccc(-c2ccc(C(O)S(=O)(=O)O)s2)cc1. The number of hydrogen-bond acceptors (Lipinski definition) is 4. The molecule has 1 atom stereocenters. The smallest absolute Gasteiger partial charge is 0.297 e. The molecule has 0 saturated carbocycles. The van der Waals surface area contributed by atoms with Crippen molar-refractivity contribution in [2.24, 2.45) is 0 Å². The average molecular weight is 326 g/mol. The highest BCUT2D eigenvalue weighted by molar-refractivity contribution is 7.86. The number of benzene rings is 1. The van der Waals surface area contributed by atoms with Crippen LogP contribution in [0, 0.1) is 0 Å². The first kappa shape index (κ1) is 16.2. The molecule has 0 amide bonds. The molecule has 6 heteroatoms. The van der Waals surface area contributed by atoms with Crippen LogP contribution in [-0.2, 0) is 15.5 Å². The maximum atomic E-state index is 10.9. The van der Waals surface area contributed by atoms with Crippen LogP contribution in [0.5, 0.6) is 0 Å². The minimum atomic E-state index is -4.48. The Morgan fingerprint density at radius 2 is 1.62 bits per heavy atom. The Hall–Kier alpha value is -1.21. The summed E-state index contributed by atoms with van der Waals surface area (Å²) in [5, 5.41) is 9.54. The zero-order chi connectivity index (χ0) is 15.8. The van der Waals surface area contributed by atoms with Gasteiger partial charge in [-0.3, -0.25) is 4.55 Å². The third-order valence-corrected chi connectivity index (χ3v) is 5.34. The molecule has 114 valence electrons. The maximum Gasteiger partial charge on any atom is 0.297 e. The van der Waals surface area contributed by atoms with E-state index in [1.165, 1.54) is 11.6 Å². The fraction of sp³-hybridized carbons (Fsp3) is 0.333. The van der Waals surface area contributed by atoms with Gasteiger partial charge in [0, 0.05) is 4.88 Å². The molecule has 0 aliphatic heterocycles. The molecular weight excluding hydrogens is 308 g/mol. The van der Waals surface area contributed by atoms with Crippen molar-refractivity contribution < 1.29 is 18.1 Å². The molecule has 4 nitrogen and oxygen atoms in total. The summed E-state index contributed by atoms with van der Waals surface area (Å²) < 4.78 is 30.8. The van der Waals surface area contributed by atoms with Crippen molar-refractivity contribution in [2.75, 3.05) is 0 Å². The molecule has 0 saturated heterocycles. The van der Waals surface area contributed by atoms with Gasteiger partial charge in [0.25, 0.3) is 10.1 Å². The second kappa shape index (κ2) is 5.53. The van der Waals surface area contributed by atoms with Crippen LogP contribution in [0.2, 0.25) is 0 Å². The first-order valence-electron chi connectivity index (χ1n) is 6.44. The van der Waals surface area contributed by atoms with Gasteiger partial charge < -0.3 is 5.11 Å². The Labute approximate surface area is 128 Å². The Kier molecular flexibility index (Phi) is 4.26. The molecule has 0 fully saturated rings. The van der Waals surface area contributed by atoms with E-state index >= 15 is 0 Å². The van der Waals surface area contributed by atoms with Crippen LogP contribution >= 0.6 is 11.3 Å². The molecule has 0 spiro atoms. The van der Waals surface area contributed by atoms with Gasteiger partial charge in [-0.2, -0.15) is 8.42 Å². The quantitative estimate of drug-likeness (QED) is 0.845. The largest absolute Gasteiger partial charge is 0.371 e. The molecule has 0 radical (unpaired) electrons. The minimum Gasteiger partial charge on any atom is -0.371 e. The van der Waals surface area contributed by atoms with Gasteiger partial charge in [0.2, 0.25) is 5.44 Å². The van der Waals surface area contributed by atoms with E-state index in [0.717, 1.165) is 21.8 Å². The van der Waals surface area contributed by atoms with Crippen molar-refractivity contribution in [1.82, 2.24) is 0 Å². The molecule has 1 aromatic carbocycles. The lowest BCUT2D eigenvalue weighted by atomic mass is 9.86. The summed E-state index contributed by atoms with van der Waals surface area (Å²) in [6.07, 6.45) is 0. The standard InChI is InChI=1S/C15H18O4S2/c1-15(2,3)11-6-4-10(5-7-11)12-8-9-13(20-12)14(16)21(17,18)19/h4-9,14,16H,1-3H3,(H,17,18,19). The van der Waals surface area contributed by atoms with Crippen LogP contribution in [0.25, 0.3) is 10.4 Å². The van der Waals surface area contributed by atoms with Gasteiger partial charge in [-0.05, 0) is 28.7 Å². The number of aliphatic hydroxyl groups excluding tert-OH is 1. The maximum absolute atomic E-state index is 10.9. The van der Waals surface area contributed by atoms with Gasteiger partial charge in [0.05, 0.1) is 4.88 Å². The second-order valence-electron chi connectivity index (χ2n) is 5.90. The van der Waals surface area contributed by atoms with E-state index in [-0.39, 0.29) is 10.3 Å². The third kappa shape index (κ3) is 3.71. The van der Waals surface area contributed by atoms with E-state index < -0.39 is 15.6 Å². The van der Waals surface area contributed by atoms with E-state index in [0.29, 0.717) is 0 Å². The predicted octanol–water partition coefficient (Wildman–Crippen LogP) is 3.59. The molecule has 2 N–H and O–H groups in total. The molecule has 1 heterocycles. The Morgan fingerprint density at radius 3 is 2.10 bits per heavy atom. The van der Waals surface area contributed by atoms with Crippen LogP contribution in [0.15, 0.2) is 36.4 Å². The molecule has 0 aliphatic rings. The summed E-state index contributed by atoms with van der Waals surface area (Å²) in [6.45, 7) is 6.40. The van der Waals surface area contributed by atoms with Crippen molar-refractivity contribution in [2.45, 2.75) is 31.6 Å². The van der Waals surface area contributed by atoms with E-state index in [4.69, 9.17) is 4.55 Å². The third-order valence-electron chi connectivity index (χ3n) is 3.19. The molecule has 2 rings (SSSR count). The fourth-order valence-electron chi connectivity index (χ4n) is 1.92. The van der Waals surface area contributed by atoms with Gasteiger partial charge in [-0.1, -0.05) is 45.0 Å². The lowest BCUT2D eigenvalue weighted by molar-refractivity contribution is 0.242. The average Bonchev–Trinajstić information content (AvgIpc) is 2.85. The van der Waals surface area contributed by atoms with Crippen molar-refractivity contribution >= 4 is 21.5 Å². The minimum absolute atomic E-state index is 0.0697. The normalized spacial score (nSPS) is 14.1. The van der Waals surface area contributed by atoms with Crippen LogP contribution < -0.4 is 0 Å². The van der Waals surface area contributed by atoms with Gasteiger partial charge >= 0.3 is 0 Å². The molecular formula is C15H18O4S2. The molecule has 1 unspecified atom stereocenters. The van der Waals surface area contributed by atoms with Gasteiger partial charge in [-0.15, -0.1) is 11.3 Å². The number of aliphatic hydroxyl groups is 1. The Balaban J connectivity index is 2.30. The Bertz CT molecular complexity index is 722. The van der Waals surface area contributed by atoms with Gasteiger partial charge in [0.15, 0.2) is 0 Å². The van der Waals surface area contributed by atoms with Crippen LogP contribution in [0.1, 0.15) is 36.6 Å². The van der Waals surface area contributed by atoms with E-state index in [9.17, 15) is 13.5 Å². The number of thiophene rings is 1. The van der Waals surface area contributed by atoms with Crippen LogP contribution in [0.3, 0.4) is 0 Å². The number of hydrogen-bond donors (Lipinski definition) is 2. The van der Waals surface area contributed by atoms with Gasteiger partial charge in [-0.25, -0.2) is 0 Å². The molecule has 0 aliphatic carbocycles. The van der Waals surface area contributed by atoms with Gasteiger partial charge in [0.1, 0.15) is 0 Å². The molecule has 2 aromatic rings. The fourth-order valence-corrected chi connectivity index (χ4v) is 3.68. The van der Waals surface area contributed by atoms with E-state index in [2.05, 4.69) is 20.8 Å². The van der Waals surface area contributed by atoms with Crippen molar-refractivity contribution in [1.29, 1.82) is 0 Å². The summed E-state index contributed by atoms with van der Waals surface area (Å²) >= 11 is 1.15. The van der Waals surface area contributed by atoms with Crippen LogP contribution in [0.4, 0.5) is 0 Å². The summed E-state index contributed by atoms with van der Waals surface area (Å²) in [4.78, 5) is 1.04. The zero-order valence-electron chi connectivity index (χ0n) is 12.1. The predicted molar refractivity (Wildman–Crippen MR) is 85.0 cm³/mol. The number of rotatable bonds is 3. The zero-order valence-corrected chi connectivity index (χ0v) is 13.7. The van der Waals surface area contributed by atoms with Crippen molar-refractivity contribution in [3.63, 3.8) is 0 Å². The molecule has 21 heavy (non-hydrogen) atoms. The summed E-state index contributed by atoms with van der Waals surface area (Å²) in [5.74, 6) is 0. The first-order chi connectivity index (χ1) is 9.59. The first-order valence-corrected chi connectivity index (χ1v) is 8.76. The van der Waals surface area contributed by atoms with Crippen LogP contribution in [-0.4, -0.2) is 18.1 Å². The summed E-state index contributed by atoms with van der Waals surface area (Å²) in [7, 11) is -4.48. The Morgan fingerprint density at radius 1 is 1.05 bits per heavy atom. The summed E-state index contributed by atoms with van der Waals surface area (Å²) in [6, 6.07) is 11.3. The van der Waals surface area contributed by atoms with E-state index in [1.807, 2.05) is 24.3 Å². The second-order valence-corrected chi connectivity index (χ2v) is 8.49. The van der Waals surface area contributed by atoms with Crippen molar-refractivity contribution in [3.8, 4) is 10.4 Å². The molecule has 1 aromatic heterocycles. The highest BCUT2D eigenvalue weighted by Gasteiger charge is 2.23. The lowest BCUT2D eigenvalue weighted by Gasteiger charge is -2.18. The highest BCUT2D eigenvalue weighted by atomic mass is 32.2. The highest BCUT2D eigenvalue weighted by Crippen LogP contribution is 2.34. The summed E-state index contributed by atoms with van der Waals surface area (Å²) in [5.41, 5.74) is 0.341. The lowest BCUT2D eigenvalue weighted by Crippen LogP contribution is -2.10. The van der Waals surface area contributed by atoms with Crippen molar-refractivity contribution in [3.05, 3.63) is 46.8 Å². The molecule has 0 bridgehead atoms.